The maximum absolute atomic E-state index is 12.9. The number of esters is 2. The molecule has 0 rings (SSSR count). The maximum atomic E-state index is 12.9. The molecule has 0 aromatic rings. The van der Waals surface area contributed by atoms with Gasteiger partial charge in [-0.2, -0.15) is 0 Å². The smallest absolute Gasteiger partial charge is 0.306 e. The summed E-state index contributed by atoms with van der Waals surface area (Å²) in [7, 11) is 0. The largest absolute Gasteiger partial charge is 0.462 e. The zero-order valence-corrected chi connectivity index (χ0v) is 44.3. The molecular formula is C63H104O5. The third-order valence-corrected chi connectivity index (χ3v) is 11.5. The van der Waals surface area contributed by atoms with E-state index in [4.69, 9.17) is 14.2 Å². The fraction of sp³-hybridized carbons (Fsp3) is 0.651. The first-order valence-electron chi connectivity index (χ1n) is 28.1. The molecular weight excluding hydrogens is 837 g/mol. The highest BCUT2D eigenvalue weighted by molar-refractivity contribution is 5.70. The molecule has 0 saturated carbocycles. The van der Waals surface area contributed by atoms with Crippen LogP contribution in [0.15, 0.2) is 122 Å². The third-order valence-electron chi connectivity index (χ3n) is 11.5. The highest BCUT2D eigenvalue weighted by atomic mass is 16.6. The summed E-state index contributed by atoms with van der Waals surface area (Å²) in [4.78, 5) is 25.5. The lowest BCUT2D eigenvalue weighted by Gasteiger charge is -2.18. The molecule has 0 radical (unpaired) electrons. The van der Waals surface area contributed by atoms with Crippen molar-refractivity contribution in [2.45, 2.75) is 245 Å². The van der Waals surface area contributed by atoms with Crippen molar-refractivity contribution in [2.24, 2.45) is 0 Å². The van der Waals surface area contributed by atoms with Crippen molar-refractivity contribution in [1.29, 1.82) is 0 Å². The van der Waals surface area contributed by atoms with E-state index >= 15 is 0 Å². The Labute approximate surface area is 420 Å². The minimum atomic E-state index is -0.588. The van der Waals surface area contributed by atoms with E-state index in [0.29, 0.717) is 25.9 Å². The molecule has 0 amide bonds. The molecule has 1 unspecified atom stereocenters. The van der Waals surface area contributed by atoms with Gasteiger partial charge in [0.15, 0.2) is 6.10 Å². The number of allylic oxidation sites excluding steroid dienone is 20. The Morgan fingerprint density at radius 1 is 0.338 bits per heavy atom. The molecule has 0 N–H and O–H groups in total. The first-order chi connectivity index (χ1) is 33.6. The molecule has 0 aromatic carbocycles. The van der Waals surface area contributed by atoms with Crippen LogP contribution in [0.5, 0.6) is 0 Å². The van der Waals surface area contributed by atoms with Gasteiger partial charge in [-0.1, -0.05) is 232 Å². The monoisotopic (exact) mass is 941 g/mol. The van der Waals surface area contributed by atoms with Gasteiger partial charge in [-0.3, -0.25) is 9.59 Å². The summed E-state index contributed by atoms with van der Waals surface area (Å²) in [5.41, 5.74) is 0. The second-order valence-electron chi connectivity index (χ2n) is 18.1. The first-order valence-corrected chi connectivity index (χ1v) is 28.1. The van der Waals surface area contributed by atoms with Gasteiger partial charge >= 0.3 is 11.9 Å². The SMILES string of the molecule is CC/C=C\C/C=C\C/C=C\C/C=C\C/C=C\C/C=C\CCC(=O)OCC(COCCCCCC/C=C\C/C=C\C/C=C\CC)OC(=O)CCCCCCCCCCC/C=C\CCCCCCCC. The zero-order valence-electron chi connectivity index (χ0n) is 44.3. The fourth-order valence-electron chi connectivity index (χ4n) is 7.37. The van der Waals surface area contributed by atoms with E-state index < -0.39 is 6.10 Å². The lowest BCUT2D eigenvalue weighted by atomic mass is 10.1. The van der Waals surface area contributed by atoms with Crippen LogP contribution in [0.1, 0.15) is 239 Å². The van der Waals surface area contributed by atoms with Gasteiger partial charge in [0.05, 0.1) is 6.61 Å². The molecule has 68 heavy (non-hydrogen) atoms. The summed E-state index contributed by atoms with van der Waals surface area (Å²) >= 11 is 0. The molecule has 5 heteroatoms. The molecule has 0 spiro atoms. The van der Waals surface area contributed by atoms with E-state index in [1.165, 1.54) is 96.3 Å². The molecule has 0 bridgehead atoms. The van der Waals surface area contributed by atoms with Crippen molar-refractivity contribution in [3.8, 4) is 0 Å². The van der Waals surface area contributed by atoms with Crippen LogP contribution in [0, 0.1) is 0 Å². The lowest BCUT2D eigenvalue weighted by molar-refractivity contribution is -0.162. The summed E-state index contributed by atoms with van der Waals surface area (Å²) in [6.07, 6.45) is 80.9. The van der Waals surface area contributed by atoms with Crippen molar-refractivity contribution in [3.63, 3.8) is 0 Å². The highest BCUT2D eigenvalue weighted by Crippen LogP contribution is 2.14. The second-order valence-corrected chi connectivity index (χ2v) is 18.1. The molecule has 0 aliphatic heterocycles. The molecule has 386 valence electrons. The van der Waals surface area contributed by atoms with Crippen molar-refractivity contribution >= 4 is 11.9 Å². The summed E-state index contributed by atoms with van der Waals surface area (Å²) in [6, 6.07) is 0. The van der Waals surface area contributed by atoms with E-state index in [-0.39, 0.29) is 25.2 Å². The minimum absolute atomic E-state index is 0.0285. The Bertz CT molecular complexity index is 1390. The number of unbranched alkanes of at least 4 members (excludes halogenated alkanes) is 19. The van der Waals surface area contributed by atoms with Gasteiger partial charge in [-0.15, -0.1) is 0 Å². The average Bonchev–Trinajstić information content (AvgIpc) is 3.34. The van der Waals surface area contributed by atoms with Crippen LogP contribution in [0.25, 0.3) is 0 Å². The first kappa shape index (κ1) is 64.3. The third kappa shape index (κ3) is 54.9. The quantitative estimate of drug-likeness (QED) is 0.0345. The number of ether oxygens (including phenoxy) is 3. The topological polar surface area (TPSA) is 61.8 Å². The van der Waals surface area contributed by atoms with Crippen LogP contribution >= 0.6 is 0 Å². The van der Waals surface area contributed by atoms with Crippen LogP contribution in [-0.4, -0.2) is 37.9 Å². The molecule has 0 aliphatic carbocycles. The summed E-state index contributed by atoms with van der Waals surface area (Å²) in [5.74, 6) is -0.513. The van der Waals surface area contributed by atoms with Crippen molar-refractivity contribution < 1.29 is 23.8 Å². The molecule has 1 atom stereocenters. The molecule has 0 aliphatic rings. The van der Waals surface area contributed by atoms with Crippen molar-refractivity contribution in [2.75, 3.05) is 19.8 Å². The second kappa shape index (κ2) is 57.6. The van der Waals surface area contributed by atoms with Gasteiger partial charge in [0, 0.05) is 19.4 Å². The molecule has 0 heterocycles. The number of hydrogen-bond acceptors (Lipinski definition) is 5. The van der Waals surface area contributed by atoms with E-state index in [2.05, 4.69) is 136 Å². The standard InChI is InChI=1S/C63H104O5/c1-4-7-10-13-16-19-22-25-28-30-32-34-36-38-41-44-47-50-53-56-62(64)67-60-61(59-66-58-55-52-49-46-43-40-27-24-21-18-15-12-9-6-3)68-63(65)57-54-51-48-45-42-39-37-35-33-31-29-26-23-20-17-14-11-8-5-2/h7,9-10,12,16,18-19,21,25-29,32,34,38,40-41,47,50,61H,4-6,8,11,13-15,17,20,22-24,30-31,33,35-37,39,42-46,48-49,51-60H2,1-3H3/b10-7-,12-9-,19-16-,21-18-,28-25-,29-26-,34-32-,40-27-,41-38-,50-47-. The number of hydrogen-bond donors (Lipinski definition) is 0. The Hall–Kier alpha value is -3.70. The van der Waals surface area contributed by atoms with E-state index in [0.717, 1.165) is 103 Å². The average molecular weight is 942 g/mol. The summed E-state index contributed by atoms with van der Waals surface area (Å²) < 4.78 is 17.4. The van der Waals surface area contributed by atoms with Gasteiger partial charge in [0.2, 0.25) is 0 Å². The predicted molar refractivity (Wildman–Crippen MR) is 297 cm³/mol. The molecule has 0 fully saturated rings. The van der Waals surface area contributed by atoms with E-state index in [1.54, 1.807) is 0 Å². The summed E-state index contributed by atoms with van der Waals surface area (Å²) in [6.45, 7) is 7.47. The normalized spacial score (nSPS) is 13.2. The minimum Gasteiger partial charge on any atom is -0.462 e. The van der Waals surface area contributed by atoms with Crippen LogP contribution in [0.2, 0.25) is 0 Å². The van der Waals surface area contributed by atoms with E-state index in [1.807, 2.05) is 6.08 Å². The number of rotatable bonds is 50. The van der Waals surface area contributed by atoms with Gasteiger partial charge in [-0.05, 0) is 116 Å². The number of carbonyl (C=O) groups is 2. The van der Waals surface area contributed by atoms with Crippen LogP contribution in [0.3, 0.4) is 0 Å². The highest BCUT2D eigenvalue weighted by Gasteiger charge is 2.17. The lowest BCUT2D eigenvalue weighted by Crippen LogP contribution is -2.30. The van der Waals surface area contributed by atoms with E-state index in [9.17, 15) is 9.59 Å². The molecule has 0 saturated heterocycles. The van der Waals surface area contributed by atoms with Gasteiger partial charge < -0.3 is 14.2 Å². The fourth-order valence-corrected chi connectivity index (χ4v) is 7.37. The van der Waals surface area contributed by atoms with Gasteiger partial charge in [0.25, 0.3) is 0 Å². The maximum Gasteiger partial charge on any atom is 0.306 e. The zero-order chi connectivity index (χ0) is 49.2. The predicted octanol–water partition coefficient (Wildman–Crippen LogP) is 19.3. The van der Waals surface area contributed by atoms with Crippen LogP contribution in [-0.2, 0) is 23.8 Å². The Balaban J connectivity index is 4.42. The van der Waals surface area contributed by atoms with Gasteiger partial charge in [0.1, 0.15) is 6.61 Å². The molecule has 0 aromatic heterocycles. The molecule has 5 nitrogen and oxygen atoms in total. The summed E-state index contributed by atoms with van der Waals surface area (Å²) in [5, 5.41) is 0. The van der Waals surface area contributed by atoms with Gasteiger partial charge in [-0.25, -0.2) is 0 Å². The Kier molecular flexibility index (Phi) is 54.5. The van der Waals surface area contributed by atoms with Crippen molar-refractivity contribution in [1.82, 2.24) is 0 Å². The van der Waals surface area contributed by atoms with Crippen LogP contribution < -0.4 is 0 Å². The van der Waals surface area contributed by atoms with Crippen LogP contribution in [0.4, 0.5) is 0 Å². The Morgan fingerprint density at radius 2 is 0.691 bits per heavy atom. The van der Waals surface area contributed by atoms with Crippen molar-refractivity contribution in [3.05, 3.63) is 122 Å². The number of carbonyl (C=O) groups excluding carboxylic acids is 2. The Morgan fingerprint density at radius 3 is 1.13 bits per heavy atom.